The standard InChI is InChI=1S/C16H20N2O3/c19-15(8-6-13-4-3-10-17-12-13)18-11-2-1-5-14(18)7-9-16(20)21/h3-4,6,8,10,12,14H,1-2,5,7,9,11H2,(H,20,21)/b8-6-/t14-/m0/s1. The summed E-state index contributed by atoms with van der Waals surface area (Å²) in [6, 6.07) is 3.75. The van der Waals surface area contributed by atoms with Crippen molar-refractivity contribution in [3.8, 4) is 0 Å². The average Bonchev–Trinajstić information content (AvgIpc) is 2.52. The van der Waals surface area contributed by atoms with Gasteiger partial charge in [-0.2, -0.15) is 0 Å². The summed E-state index contributed by atoms with van der Waals surface area (Å²) in [6.45, 7) is 0.709. The van der Waals surface area contributed by atoms with Crippen LogP contribution in [0.4, 0.5) is 0 Å². The van der Waals surface area contributed by atoms with Gasteiger partial charge < -0.3 is 10.0 Å². The highest BCUT2D eigenvalue weighted by atomic mass is 16.4. The number of carbonyl (C=O) groups excluding carboxylic acids is 1. The number of nitrogens with zero attached hydrogens (tertiary/aromatic N) is 2. The molecule has 1 saturated heterocycles. The molecule has 0 unspecified atom stereocenters. The molecule has 0 aromatic carbocycles. The van der Waals surface area contributed by atoms with Gasteiger partial charge in [0.15, 0.2) is 0 Å². The second-order valence-electron chi connectivity index (χ2n) is 5.23. The molecule has 1 aliphatic heterocycles. The van der Waals surface area contributed by atoms with Gasteiger partial charge in [-0.25, -0.2) is 0 Å². The van der Waals surface area contributed by atoms with Crippen LogP contribution in [0, 0.1) is 0 Å². The van der Waals surface area contributed by atoms with Crippen LogP contribution in [0.3, 0.4) is 0 Å². The molecule has 112 valence electrons. The smallest absolute Gasteiger partial charge is 0.303 e. The zero-order valence-corrected chi connectivity index (χ0v) is 11.9. The molecule has 1 fully saturated rings. The molecular formula is C16H20N2O3. The van der Waals surface area contributed by atoms with Gasteiger partial charge in [0.2, 0.25) is 5.91 Å². The lowest BCUT2D eigenvalue weighted by molar-refractivity contribution is -0.138. The molecular weight excluding hydrogens is 268 g/mol. The first-order valence-corrected chi connectivity index (χ1v) is 7.27. The summed E-state index contributed by atoms with van der Waals surface area (Å²) in [7, 11) is 0. The highest BCUT2D eigenvalue weighted by molar-refractivity contribution is 5.92. The number of pyridine rings is 1. The summed E-state index contributed by atoms with van der Waals surface area (Å²) < 4.78 is 0. The Kier molecular flexibility index (Phi) is 5.49. The number of hydrogen-bond acceptors (Lipinski definition) is 3. The maximum absolute atomic E-state index is 12.3. The number of likely N-dealkylation sites (tertiary alicyclic amines) is 1. The van der Waals surface area contributed by atoms with Gasteiger partial charge in [0, 0.05) is 37.5 Å². The number of piperidine rings is 1. The van der Waals surface area contributed by atoms with E-state index in [-0.39, 0.29) is 18.4 Å². The van der Waals surface area contributed by atoms with E-state index < -0.39 is 5.97 Å². The molecule has 5 nitrogen and oxygen atoms in total. The summed E-state index contributed by atoms with van der Waals surface area (Å²) in [5.41, 5.74) is 0.880. The Morgan fingerprint density at radius 3 is 3.00 bits per heavy atom. The van der Waals surface area contributed by atoms with Gasteiger partial charge in [0.05, 0.1) is 0 Å². The SMILES string of the molecule is O=C(O)CC[C@@H]1CCCCN1C(=O)/C=C\c1cccnc1. The van der Waals surface area contributed by atoms with Crippen LogP contribution in [0.2, 0.25) is 0 Å². The molecule has 0 saturated carbocycles. The second kappa shape index (κ2) is 7.57. The highest BCUT2D eigenvalue weighted by Crippen LogP contribution is 2.21. The van der Waals surface area contributed by atoms with E-state index in [1.165, 1.54) is 0 Å². The van der Waals surface area contributed by atoms with Crippen molar-refractivity contribution in [1.82, 2.24) is 9.88 Å². The van der Waals surface area contributed by atoms with Crippen LogP contribution in [0.25, 0.3) is 6.08 Å². The van der Waals surface area contributed by atoms with Gasteiger partial charge in [-0.1, -0.05) is 6.07 Å². The number of hydrogen-bond donors (Lipinski definition) is 1. The monoisotopic (exact) mass is 288 g/mol. The number of rotatable bonds is 5. The Morgan fingerprint density at radius 2 is 2.29 bits per heavy atom. The molecule has 1 atom stereocenters. The molecule has 0 radical (unpaired) electrons. The van der Waals surface area contributed by atoms with Gasteiger partial charge in [0.25, 0.3) is 0 Å². The fourth-order valence-electron chi connectivity index (χ4n) is 2.62. The maximum Gasteiger partial charge on any atom is 0.303 e. The average molecular weight is 288 g/mol. The van der Waals surface area contributed by atoms with E-state index in [0.717, 1.165) is 24.8 Å². The predicted octanol–water partition coefficient (Wildman–Crippen LogP) is 2.34. The molecule has 0 bridgehead atoms. The molecule has 0 aliphatic carbocycles. The predicted molar refractivity (Wildman–Crippen MR) is 79.5 cm³/mol. The number of amides is 1. The lowest BCUT2D eigenvalue weighted by atomic mass is 9.97. The van der Waals surface area contributed by atoms with Crippen LogP contribution >= 0.6 is 0 Å². The number of carboxylic acid groups (broad SMARTS) is 1. The van der Waals surface area contributed by atoms with Crippen LogP contribution in [0.15, 0.2) is 30.6 Å². The summed E-state index contributed by atoms with van der Waals surface area (Å²) in [4.78, 5) is 28.8. The number of carbonyl (C=O) groups is 2. The molecule has 1 aliphatic rings. The molecule has 5 heteroatoms. The maximum atomic E-state index is 12.3. The first kappa shape index (κ1) is 15.2. The van der Waals surface area contributed by atoms with Gasteiger partial charge in [-0.3, -0.25) is 14.6 Å². The zero-order valence-electron chi connectivity index (χ0n) is 11.9. The van der Waals surface area contributed by atoms with Crippen molar-refractivity contribution >= 4 is 18.0 Å². The van der Waals surface area contributed by atoms with Crippen molar-refractivity contribution in [1.29, 1.82) is 0 Å². The third-order valence-corrected chi connectivity index (χ3v) is 3.70. The third kappa shape index (κ3) is 4.70. The van der Waals surface area contributed by atoms with Crippen molar-refractivity contribution < 1.29 is 14.7 Å². The summed E-state index contributed by atoms with van der Waals surface area (Å²) in [6.07, 6.45) is 10.3. The second-order valence-corrected chi connectivity index (χ2v) is 5.23. The minimum Gasteiger partial charge on any atom is -0.481 e. The topological polar surface area (TPSA) is 70.5 Å². The summed E-state index contributed by atoms with van der Waals surface area (Å²) in [5, 5.41) is 8.80. The largest absolute Gasteiger partial charge is 0.481 e. The summed E-state index contributed by atoms with van der Waals surface area (Å²) in [5.74, 6) is -0.854. The minimum absolute atomic E-state index is 0.0425. The van der Waals surface area contributed by atoms with E-state index in [9.17, 15) is 9.59 Å². The Labute approximate surface area is 124 Å². The highest BCUT2D eigenvalue weighted by Gasteiger charge is 2.25. The van der Waals surface area contributed by atoms with E-state index in [0.29, 0.717) is 13.0 Å². The molecule has 21 heavy (non-hydrogen) atoms. The van der Waals surface area contributed by atoms with Gasteiger partial charge in [0.1, 0.15) is 0 Å². The fraction of sp³-hybridized carbons (Fsp3) is 0.438. The lowest BCUT2D eigenvalue weighted by Gasteiger charge is -2.35. The Balaban J connectivity index is 1.98. The van der Waals surface area contributed by atoms with Crippen LogP contribution in [-0.2, 0) is 9.59 Å². The summed E-state index contributed by atoms with van der Waals surface area (Å²) >= 11 is 0. The van der Waals surface area contributed by atoms with E-state index >= 15 is 0 Å². The van der Waals surface area contributed by atoms with E-state index in [1.54, 1.807) is 29.4 Å². The first-order valence-electron chi connectivity index (χ1n) is 7.27. The van der Waals surface area contributed by atoms with Crippen LogP contribution < -0.4 is 0 Å². The number of aromatic nitrogens is 1. The Hall–Kier alpha value is -2.17. The normalized spacial score (nSPS) is 18.9. The quantitative estimate of drug-likeness (QED) is 0.844. The third-order valence-electron chi connectivity index (χ3n) is 3.70. The van der Waals surface area contributed by atoms with E-state index in [1.807, 2.05) is 12.1 Å². The van der Waals surface area contributed by atoms with E-state index in [2.05, 4.69) is 4.98 Å². The van der Waals surface area contributed by atoms with E-state index in [4.69, 9.17) is 5.11 Å². The van der Waals surface area contributed by atoms with Gasteiger partial charge >= 0.3 is 5.97 Å². The number of aliphatic carboxylic acids is 1. The van der Waals surface area contributed by atoms with Gasteiger partial charge in [-0.15, -0.1) is 0 Å². The van der Waals surface area contributed by atoms with Crippen LogP contribution in [0.5, 0.6) is 0 Å². The number of carboxylic acids is 1. The fourth-order valence-corrected chi connectivity index (χ4v) is 2.62. The molecule has 1 amide bonds. The van der Waals surface area contributed by atoms with Crippen LogP contribution in [0.1, 0.15) is 37.7 Å². The van der Waals surface area contributed by atoms with Crippen LogP contribution in [-0.4, -0.2) is 39.5 Å². The van der Waals surface area contributed by atoms with Crippen molar-refractivity contribution in [2.75, 3.05) is 6.54 Å². The Bertz CT molecular complexity index is 514. The van der Waals surface area contributed by atoms with Crippen molar-refractivity contribution in [3.05, 3.63) is 36.2 Å². The first-order chi connectivity index (χ1) is 10.2. The van der Waals surface area contributed by atoms with Gasteiger partial charge in [-0.05, 0) is 43.4 Å². The van der Waals surface area contributed by atoms with Crippen molar-refractivity contribution in [2.24, 2.45) is 0 Å². The lowest BCUT2D eigenvalue weighted by Crippen LogP contribution is -2.43. The van der Waals surface area contributed by atoms with Crippen molar-refractivity contribution in [3.63, 3.8) is 0 Å². The molecule has 0 spiro atoms. The molecule has 2 heterocycles. The molecule has 2 rings (SSSR count). The Morgan fingerprint density at radius 1 is 1.43 bits per heavy atom. The minimum atomic E-state index is -0.807. The molecule has 1 N–H and O–H groups in total. The van der Waals surface area contributed by atoms with Crippen molar-refractivity contribution in [2.45, 2.75) is 38.1 Å². The molecule has 1 aromatic heterocycles. The zero-order chi connectivity index (χ0) is 15.1. The molecule has 1 aromatic rings.